The molecule has 2 amide bonds. The van der Waals surface area contributed by atoms with E-state index in [1.54, 1.807) is 24.3 Å². The molecule has 2 N–H and O–H groups in total. The fourth-order valence-corrected chi connectivity index (χ4v) is 1.41. The number of amides is 2. The van der Waals surface area contributed by atoms with Crippen LogP contribution in [0, 0.1) is 0 Å². The molecular formula is C11H9ClN4O. The lowest BCUT2D eigenvalue weighted by Crippen LogP contribution is -2.19. The molecule has 2 rings (SSSR count). The minimum atomic E-state index is -0.373. The van der Waals surface area contributed by atoms with Gasteiger partial charge >= 0.3 is 6.03 Å². The first-order valence-corrected chi connectivity index (χ1v) is 5.20. The van der Waals surface area contributed by atoms with E-state index < -0.39 is 0 Å². The highest BCUT2D eigenvalue weighted by Gasteiger charge is 2.02. The number of aromatic nitrogens is 2. The Hall–Kier alpha value is -2.14. The van der Waals surface area contributed by atoms with Gasteiger partial charge in [-0.25, -0.2) is 14.8 Å². The second-order valence-electron chi connectivity index (χ2n) is 3.22. The first-order valence-electron chi connectivity index (χ1n) is 4.82. The van der Waals surface area contributed by atoms with Gasteiger partial charge in [0.25, 0.3) is 0 Å². The van der Waals surface area contributed by atoms with Crippen LogP contribution in [0.25, 0.3) is 0 Å². The second kappa shape index (κ2) is 5.27. The van der Waals surface area contributed by atoms with E-state index in [4.69, 9.17) is 11.6 Å². The molecule has 0 spiro atoms. The molecule has 0 aliphatic heterocycles. The molecule has 0 atom stereocenters. The Balaban J connectivity index is 1.98. The Labute approximate surface area is 103 Å². The van der Waals surface area contributed by atoms with E-state index in [0.717, 1.165) is 0 Å². The van der Waals surface area contributed by atoms with Gasteiger partial charge in [0.05, 0.1) is 18.1 Å². The van der Waals surface area contributed by atoms with Crippen LogP contribution in [0.5, 0.6) is 0 Å². The van der Waals surface area contributed by atoms with Crippen molar-refractivity contribution in [3.8, 4) is 0 Å². The quantitative estimate of drug-likeness (QED) is 0.859. The Morgan fingerprint density at radius 3 is 2.53 bits per heavy atom. The standard InChI is InChI=1S/C11H9ClN4O/c12-8-2-1-3-9(4-8)15-11(17)16-10-5-13-7-14-6-10/h1-7H,(H2,15,16,17). The SMILES string of the molecule is O=C(Nc1cncnc1)Nc1cccc(Cl)c1. The normalized spacial score (nSPS) is 9.71. The van der Waals surface area contributed by atoms with E-state index in [-0.39, 0.29) is 6.03 Å². The molecule has 1 aromatic carbocycles. The molecule has 5 nitrogen and oxygen atoms in total. The van der Waals surface area contributed by atoms with E-state index in [1.807, 2.05) is 0 Å². The first kappa shape index (κ1) is 11.3. The molecule has 6 heteroatoms. The summed E-state index contributed by atoms with van der Waals surface area (Å²) in [7, 11) is 0. The highest BCUT2D eigenvalue weighted by Crippen LogP contribution is 2.15. The average molecular weight is 249 g/mol. The monoisotopic (exact) mass is 248 g/mol. The molecule has 0 aliphatic carbocycles. The van der Waals surface area contributed by atoms with Gasteiger partial charge in [0, 0.05) is 10.7 Å². The molecule has 0 unspecified atom stereocenters. The first-order chi connectivity index (χ1) is 8.24. The summed E-state index contributed by atoms with van der Waals surface area (Å²) in [4.78, 5) is 19.1. The van der Waals surface area contributed by atoms with Crippen LogP contribution in [0.15, 0.2) is 43.0 Å². The van der Waals surface area contributed by atoms with Gasteiger partial charge < -0.3 is 10.6 Å². The molecule has 0 radical (unpaired) electrons. The predicted octanol–water partition coefficient (Wildman–Crippen LogP) is 2.77. The number of benzene rings is 1. The zero-order chi connectivity index (χ0) is 12.1. The van der Waals surface area contributed by atoms with Gasteiger partial charge in [-0.05, 0) is 18.2 Å². The van der Waals surface area contributed by atoms with Gasteiger partial charge in [0.1, 0.15) is 6.33 Å². The summed E-state index contributed by atoms with van der Waals surface area (Å²) in [5, 5.41) is 5.79. The molecule has 1 heterocycles. The highest BCUT2D eigenvalue weighted by atomic mass is 35.5. The maximum atomic E-state index is 11.6. The van der Waals surface area contributed by atoms with Crippen molar-refractivity contribution in [3.05, 3.63) is 48.0 Å². The van der Waals surface area contributed by atoms with Crippen molar-refractivity contribution in [1.82, 2.24) is 9.97 Å². The lowest BCUT2D eigenvalue weighted by Gasteiger charge is -2.06. The Kier molecular flexibility index (Phi) is 3.52. The largest absolute Gasteiger partial charge is 0.323 e. The summed E-state index contributed by atoms with van der Waals surface area (Å²) in [5.41, 5.74) is 1.14. The van der Waals surface area contributed by atoms with Crippen LogP contribution in [-0.2, 0) is 0 Å². The molecule has 2 aromatic rings. The fraction of sp³-hybridized carbons (Fsp3) is 0. The summed E-state index contributed by atoms with van der Waals surface area (Å²) in [5.74, 6) is 0. The molecular weight excluding hydrogens is 240 g/mol. The average Bonchev–Trinajstić information content (AvgIpc) is 2.30. The van der Waals surface area contributed by atoms with Gasteiger partial charge in [-0.15, -0.1) is 0 Å². The maximum absolute atomic E-state index is 11.6. The van der Waals surface area contributed by atoms with Gasteiger partial charge in [0.15, 0.2) is 0 Å². The van der Waals surface area contributed by atoms with Crippen LogP contribution in [0.4, 0.5) is 16.2 Å². The lowest BCUT2D eigenvalue weighted by atomic mass is 10.3. The number of anilines is 2. The lowest BCUT2D eigenvalue weighted by molar-refractivity contribution is 0.262. The molecule has 0 saturated heterocycles. The van der Waals surface area contributed by atoms with E-state index in [1.165, 1.54) is 18.7 Å². The summed E-state index contributed by atoms with van der Waals surface area (Å²) in [6.45, 7) is 0. The second-order valence-corrected chi connectivity index (χ2v) is 3.65. The molecule has 1 aromatic heterocycles. The van der Waals surface area contributed by atoms with Gasteiger partial charge in [0.2, 0.25) is 0 Å². The number of halogens is 1. The molecule has 0 saturated carbocycles. The molecule has 0 bridgehead atoms. The Morgan fingerprint density at radius 1 is 1.12 bits per heavy atom. The molecule has 0 fully saturated rings. The maximum Gasteiger partial charge on any atom is 0.323 e. The third-order valence-corrected chi connectivity index (χ3v) is 2.14. The zero-order valence-electron chi connectivity index (χ0n) is 8.72. The predicted molar refractivity (Wildman–Crippen MR) is 66.1 cm³/mol. The smallest absolute Gasteiger partial charge is 0.308 e. The van der Waals surface area contributed by atoms with Gasteiger partial charge in [-0.2, -0.15) is 0 Å². The van der Waals surface area contributed by atoms with Gasteiger partial charge in [-0.3, -0.25) is 0 Å². The van der Waals surface area contributed by atoms with Gasteiger partial charge in [-0.1, -0.05) is 17.7 Å². The third kappa shape index (κ3) is 3.42. The van der Waals surface area contributed by atoms with E-state index in [0.29, 0.717) is 16.4 Å². The van der Waals surface area contributed by atoms with E-state index >= 15 is 0 Å². The zero-order valence-corrected chi connectivity index (χ0v) is 9.48. The minimum Gasteiger partial charge on any atom is -0.308 e. The summed E-state index contributed by atoms with van der Waals surface area (Å²) < 4.78 is 0. The van der Waals surface area contributed by atoms with Crippen LogP contribution in [-0.4, -0.2) is 16.0 Å². The summed E-state index contributed by atoms with van der Waals surface area (Å²) >= 11 is 5.80. The number of urea groups is 1. The fourth-order valence-electron chi connectivity index (χ4n) is 1.22. The number of carbonyl (C=O) groups is 1. The van der Waals surface area contributed by atoms with Crippen LogP contribution < -0.4 is 10.6 Å². The van der Waals surface area contributed by atoms with Crippen LogP contribution in [0.2, 0.25) is 5.02 Å². The number of nitrogens with one attached hydrogen (secondary N) is 2. The third-order valence-electron chi connectivity index (χ3n) is 1.90. The molecule has 86 valence electrons. The Bertz CT molecular complexity index is 518. The van der Waals surface area contributed by atoms with Crippen LogP contribution in [0.1, 0.15) is 0 Å². The molecule has 0 aliphatic rings. The number of rotatable bonds is 2. The van der Waals surface area contributed by atoms with Crippen LogP contribution >= 0.6 is 11.6 Å². The van der Waals surface area contributed by atoms with Crippen molar-refractivity contribution in [2.45, 2.75) is 0 Å². The van der Waals surface area contributed by atoms with Crippen LogP contribution in [0.3, 0.4) is 0 Å². The highest BCUT2D eigenvalue weighted by molar-refractivity contribution is 6.30. The van der Waals surface area contributed by atoms with Crippen molar-refractivity contribution in [2.24, 2.45) is 0 Å². The van der Waals surface area contributed by atoms with Crippen molar-refractivity contribution >= 4 is 29.0 Å². The number of carbonyl (C=O) groups excluding carboxylic acids is 1. The minimum absolute atomic E-state index is 0.373. The van der Waals surface area contributed by atoms with E-state index in [2.05, 4.69) is 20.6 Å². The van der Waals surface area contributed by atoms with Crippen molar-refractivity contribution < 1.29 is 4.79 Å². The molecule has 17 heavy (non-hydrogen) atoms. The summed E-state index contributed by atoms with van der Waals surface area (Å²) in [6.07, 6.45) is 4.40. The number of hydrogen-bond donors (Lipinski definition) is 2. The topological polar surface area (TPSA) is 66.9 Å². The Morgan fingerprint density at radius 2 is 1.82 bits per heavy atom. The van der Waals surface area contributed by atoms with Crippen molar-refractivity contribution in [2.75, 3.05) is 10.6 Å². The van der Waals surface area contributed by atoms with E-state index in [9.17, 15) is 4.79 Å². The van der Waals surface area contributed by atoms with Crippen molar-refractivity contribution in [3.63, 3.8) is 0 Å². The number of nitrogens with zero attached hydrogens (tertiary/aromatic N) is 2. The number of hydrogen-bond acceptors (Lipinski definition) is 3. The van der Waals surface area contributed by atoms with Crippen molar-refractivity contribution in [1.29, 1.82) is 0 Å². The summed E-state index contributed by atoms with van der Waals surface area (Å²) in [6, 6.07) is 6.51.